The zero-order valence-electron chi connectivity index (χ0n) is 16.2. The van der Waals surface area contributed by atoms with Gasteiger partial charge in [0, 0.05) is 6.54 Å². The normalized spacial score (nSPS) is 12.1. The lowest BCUT2D eigenvalue weighted by Crippen LogP contribution is -2.42. The number of nitrogens with one attached hydrogen (secondary N) is 1. The smallest absolute Gasteiger partial charge is 0.331 e. The Morgan fingerprint density at radius 2 is 1.64 bits per heavy atom. The van der Waals surface area contributed by atoms with E-state index >= 15 is 0 Å². The fourth-order valence-corrected chi connectivity index (χ4v) is 3.48. The van der Waals surface area contributed by atoms with Crippen molar-refractivity contribution in [2.45, 2.75) is 45.8 Å². The van der Waals surface area contributed by atoms with Crippen LogP contribution in [0.1, 0.15) is 38.3 Å². The van der Waals surface area contributed by atoms with Gasteiger partial charge in [-0.3, -0.25) is 18.7 Å². The van der Waals surface area contributed by atoms with Crippen LogP contribution < -0.4 is 16.6 Å². The summed E-state index contributed by atoms with van der Waals surface area (Å²) in [7, 11) is 0. The molecule has 28 heavy (non-hydrogen) atoms. The van der Waals surface area contributed by atoms with E-state index in [4.69, 9.17) is 0 Å². The molecule has 1 atom stereocenters. The number of benzene rings is 2. The molecule has 0 aliphatic rings. The van der Waals surface area contributed by atoms with Gasteiger partial charge in [-0.1, -0.05) is 55.8 Å². The lowest BCUT2D eigenvalue weighted by atomic mass is 10.0. The Kier molecular flexibility index (Phi) is 6.09. The predicted molar refractivity (Wildman–Crippen MR) is 110 cm³/mol. The van der Waals surface area contributed by atoms with Crippen molar-refractivity contribution in [3.05, 3.63) is 81.0 Å². The molecule has 0 fully saturated rings. The second-order valence-corrected chi connectivity index (χ2v) is 6.75. The van der Waals surface area contributed by atoms with E-state index in [1.165, 1.54) is 4.57 Å². The molecule has 0 saturated heterocycles. The third kappa shape index (κ3) is 3.91. The van der Waals surface area contributed by atoms with Crippen LogP contribution in [0.3, 0.4) is 0 Å². The summed E-state index contributed by atoms with van der Waals surface area (Å²) >= 11 is 0. The topological polar surface area (TPSA) is 73.1 Å². The van der Waals surface area contributed by atoms with Gasteiger partial charge in [-0.15, -0.1) is 0 Å². The monoisotopic (exact) mass is 379 g/mol. The van der Waals surface area contributed by atoms with Crippen LogP contribution in [-0.4, -0.2) is 15.0 Å². The second kappa shape index (κ2) is 8.69. The maximum Gasteiger partial charge on any atom is 0.331 e. The van der Waals surface area contributed by atoms with Crippen LogP contribution in [0.25, 0.3) is 10.9 Å². The average Bonchev–Trinajstić information content (AvgIpc) is 2.72. The van der Waals surface area contributed by atoms with Crippen LogP contribution in [0.15, 0.2) is 64.2 Å². The van der Waals surface area contributed by atoms with Crippen LogP contribution in [0.2, 0.25) is 0 Å². The first-order chi connectivity index (χ1) is 13.6. The van der Waals surface area contributed by atoms with Crippen LogP contribution >= 0.6 is 0 Å². The van der Waals surface area contributed by atoms with E-state index in [1.54, 1.807) is 31.2 Å². The fourth-order valence-electron chi connectivity index (χ4n) is 3.48. The molecule has 1 heterocycles. The lowest BCUT2D eigenvalue weighted by molar-refractivity contribution is -0.122. The molecule has 1 aromatic heterocycles. The van der Waals surface area contributed by atoms with E-state index in [2.05, 4.69) is 12.2 Å². The summed E-state index contributed by atoms with van der Waals surface area (Å²) in [4.78, 5) is 38.1. The van der Waals surface area contributed by atoms with Gasteiger partial charge in [-0.2, -0.15) is 0 Å². The first-order valence-electron chi connectivity index (χ1n) is 9.63. The number of carbonyl (C=O) groups excluding carboxylic acids is 1. The minimum atomic E-state index is -0.465. The van der Waals surface area contributed by atoms with E-state index in [-0.39, 0.29) is 30.6 Å². The Labute approximate surface area is 163 Å². The van der Waals surface area contributed by atoms with Crippen LogP contribution in [0, 0.1) is 0 Å². The largest absolute Gasteiger partial charge is 0.348 e. The van der Waals surface area contributed by atoms with E-state index in [0.29, 0.717) is 10.9 Å². The Morgan fingerprint density at radius 3 is 2.32 bits per heavy atom. The Balaban J connectivity index is 1.95. The summed E-state index contributed by atoms with van der Waals surface area (Å²) in [5.74, 6) is -0.254. The van der Waals surface area contributed by atoms with E-state index in [0.717, 1.165) is 23.0 Å². The third-order valence-electron chi connectivity index (χ3n) is 4.86. The van der Waals surface area contributed by atoms with Gasteiger partial charge in [-0.25, -0.2) is 4.79 Å². The quantitative estimate of drug-likeness (QED) is 0.686. The van der Waals surface area contributed by atoms with Gasteiger partial charge in [0.1, 0.15) is 6.54 Å². The molecule has 3 aromatic rings. The van der Waals surface area contributed by atoms with Crippen molar-refractivity contribution in [2.24, 2.45) is 0 Å². The molecule has 0 radical (unpaired) electrons. The summed E-state index contributed by atoms with van der Waals surface area (Å²) in [6.45, 7) is 3.94. The van der Waals surface area contributed by atoms with E-state index in [1.807, 2.05) is 30.3 Å². The van der Waals surface area contributed by atoms with Crippen molar-refractivity contribution >= 4 is 16.8 Å². The molecule has 2 aromatic carbocycles. The average molecular weight is 379 g/mol. The van der Waals surface area contributed by atoms with Crippen LogP contribution in [0.5, 0.6) is 0 Å². The second-order valence-electron chi connectivity index (χ2n) is 6.75. The molecule has 0 spiro atoms. The van der Waals surface area contributed by atoms with Gasteiger partial charge in [0.15, 0.2) is 0 Å². The number of fused-ring (bicyclic) bond motifs is 1. The third-order valence-corrected chi connectivity index (χ3v) is 4.86. The molecule has 0 aliphatic heterocycles. The molecule has 146 valence electrons. The lowest BCUT2D eigenvalue weighted by Gasteiger charge is -2.20. The first kappa shape index (κ1) is 19.6. The molecular weight excluding hydrogens is 354 g/mol. The van der Waals surface area contributed by atoms with E-state index in [9.17, 15) is 14.4 Å². The van der Waals surface area contributed by atoms with Crippen LogP contribution in [0.4, 0.5) is 0 Å². The van der Waals surface area contributed by atoms with Crippen molar-refractivity contribution in [3.8, 4) is 0 Å². The van der Waals surface area contributed by atoms with Gasteiger partial charge in [0.05, 0.1) is 16.9 Å². The Hall–Kier alpha value is -3.15. The zero-order valence-corrected chi connectivity index (χ0v) is 16.2. The van der Waals surface area contributed by atoms with Gasteiger partial charge < -0.3 is 5.32 Å². The molecular formula is C22H25N3O3. The number of rotatable bonds is 7. The van der Waals surface area contributed by atoms with Crippen molar-refractivity contribution in [2.75, 3.05) is 0 Å². The van der Waals surface area contributed by atoms with Gasteiger partial charge in [-0.05, 0) is 31.0 Å². The molecule has 6 heteroatoms. The highest BCUT2D eigenvalue weighted by Gasteiger charge is 2.17. The zero-order chi connectivity index (χ0) is 20.1. The summed E-state index contributed by atoms with van der Waals surface area (Å²) in [5, 5.41) is 3.48. The minimum Gasteiger partial charge on any atom is -0.348 e. The molecule has 6 nitrogen and oxygen atoms in total. The number of para-hydroxylation sites is 1. The first-order valence-corrected chi connectivity index (χ1v) is 9.63. The standard InChI is InChI=1S/C22H25N3O3/c1-3-10-18(16-11-6-5-7-12-16)23-20(26)15-25-19-14-9-8-13-17(19)21(27)24(4-2)22(25)28/h5-9,11-14,18H,3-4,10,15H2,1-2H3,(H,23,26)/t18-/m0/s1. The molecule has 0 unspecified atom stereocenters. The highest BCUT2D eigenvalue weighted by molar-refractivity contribution is 5.81. The number of hydrogen-bond donors (Lipinski definition) is 1. The minimum absolute atomic E-state index is 0.113. The van der Waals surface area contributed by atoms with E-state index < -0.39 is 5.69 Å². The summed E-state index contributed by atoms with van der Waals surface area (Å²) in [6.07, 6.45) is 1.73. The molecule has 1 N–H and O–H groups in total. The molecule has 3 rings (SSSR count). The van der Waals surface area contributed by atoms with Gasteiger partial charge in [0.25, 0.3) is 5.56 Å². The SMILES string of the molecule is CCC[C@H](NC(=O)Cn1c(=O)n(CC)c(=O)c2ccccc21)c1ccccc1. The highest BCUT2D eigenvalue weighted by Crippen LogP contribution is 2.18. The van der Waals surface area contributed by atoms with Crippen molar-refractivity contribution in [3.63, 3.8) is 0 Å². The van der Waals surface area contributed by atoms with Crippen molar-refractivity contribution < 1.29 is 4.79 Å². The fraction of sp³-hybridized carbons (Fsp3) is 0.318. The number of nitrogens with zero attached hydrogens (tertiary/aromatic N) is 2. The van der Waals surface area contributed by atoms with Gasteiger partial charge in [0.2, 0.25) is 5.91 Å². The van der Waals surface area contributed by atoms with Crippen molar-refractivity contribution in [1.29, 1.82) is 0 Å². The summed E-state index contributed by atoms with van der Waals surface area (Å²) in [5.41, 5.74) is 0.721. The molecule has 0 saturated carbocycles. The van der Waals surface area contributed by atoms with Crippen LogP contribution in [-0.2, 0) is 17.9 Å². The number of aromatic nitrogens is 2. The Bertz CT molecular complexity index is 1080. The number of amides is 1. The summed E-state index contributed by atoms with van der Waals surface area (Å²) in [6, 6.07) is 16.6. The maximum absolute atomic E-state index is 12.8. The number of hydrogen-bond acceptors (Lipinski definition) is 3. The van der Waals surface area contributed by atoms with Gasteiger partial charge >= 0.3 is 5.69 Å². The summed E-state index contributed by atoms with van der Waals surface area (Å²) < 4.78 is 2.54. The molecule has 0 aliphatic carbocycles. The maximum atomic E-state index is 12.8. The Morgan fingerprint density at radius 1 is 0.964 bits per heavy atom. The molecule has 1 amide bonds. The highest BCUT2D eigenvalue weighted by atomic mass is 16.2. The predicted octanol–water partition coefficient (Wildman–Crippen LogP) is 2.84. The number of carbonyl (C=O) groups is 1. The molecule has 0 bridgehead atoms. The van der Waals surface area contributed by atoms with Crippen molar-refractivity contribution in [1.82, 2.24) is 14.5 Å².